The van der Waals surface area contributed by atoms with E-state index >= 15 is 0 Å². The van der Waals surface area contributed by atoms with Crippen LogP contribution in [0, 0.1) is 0 Å². The molecule has 0 unspecified atom stereocenters. The van der Waals surface area contributed by atoms with Crippen LogP contribution < -0.4 is 10.6 Å². The second-order valence-corrected chi connectivity index (χ2v) is 5.17. The fraction of sp³-hybridized carbons (Fsp3) is 0.111. The molecule has 2 heterocycles. The summed E-state index contributed by atoms with van der Waals surface area (Å²) in [5, 5.41) is 6.02. The van der Waals surface area contributed by atoms with Crippen LogP contribution in [0.5, 0.6) is 0 Å². The van der Waals surface area contributed by atoms with E-state index in [1.807, 2.05) is 42.5 Å². The molecule has 1 amide bonds. The van der Waals surface area contributed by atoms with Gasteiger partial charge in [-0.05, 0) is 23.3 Å². The summed E-state index contributed by atoms with van der Waals surface area (Å²) in [6.45, 7) is 1.06. The second-order valence-electron chi connectivity index (χ2n) is 5.17. The quantitative estimate of drug-likeness (QED) is 0.729. The second kappa shape index (κ2) is 7.82. The molecule has 0 radical (unpaired) electrons. The Hall–Kier alpha value is -3.28. The molecule has 120 valence electrons. The van der Waals surface area contributed by atoms with Crippen LogP contribution in [-0.4, -0.2) is 20.9 Å². The monoisotopic (exact) mass is 319 g/mol. The third-order valence-corrected chi connectivity index (χ3v) is 3.42. The Kier molecular flexibility index (Phi) is 5.09. The maximum absolute atomic E-state index is 12.2. The maximum Gasteiger partial charge on any atom is 0.270 e. The smallest absolute Gasteiger partial charge is 0.270 e. The van der Waals surface area contributed by atoms with Gasteiger partial charge < -0.3 is 10.6 Å². The number of anilines is 1. The highest BCUT2D eigenvalue weighted by atomic mass is 16.1. The Morgan fingerprint density at radius 3 is 2.46 bits per heavy atom. The van der Waals surface area contributed by atoms with Crippen molar-refractivity contribution in [3.63, 3.8) is 0 Å². The predicted octanol–water partition coefficient (Wildman–Crippen LogP) is 2.41. The van der Waals surface area contributed by atoms with Gasteiger partial charge in [0.2, 0.25) is 0 Å². The number of benzene rings is 1. The maximum atomic E-state index is 12.2. The summed E-state index contributed by atoms with van der Waals surface area (Å²) in [7, 11) is 0. The first kappa shape index (κ1) is 15.6. The molecule has 1 aromatic carbocycles. The Bertz CT molecular complexity index is 793. The lowest BCUT2D eigenvalue weighted by Crippen LogP contribution is -2.24. The number of carbonyl (C=O) groups is 1. The number of carbonyl (C=O) groups excluding carboxylic acids is 1. The number of rotatable bonds is 6. The molecule has 2 aromatic heterocycles. The number of hydrogen-bond acceptors (Lipinski definition) is 5. The van der Waals surface area contributed by atoms with Gasteiger partial charge >= 0.3 is 0 Å². The van der Waals surface area contributed by atoms with E-state index in [4.69, 9.17) is 0 Å². The molecule has 0 atom stereocenters. The molecule has 0 spiro atoms. The number of amides is 1. The van der Waals surface area contributed by atoms with E-state index in [1.165, 1.54) is 6.33 Å². The van der Waals surface area contributed by atoms with E-state index < -0.39 is 0 Å². The van der Waals surface area contributed by atoms with Crippen molar-refractivity contribution < 1.29 is 4.79 Å². The molecule has 0 bridgehead atoms. The zero-order valence-electron chi connectivity index (χ0n) is 13.0. The molecule has 6 nitrogen and oxygen atoms in total. The summed E-state index contributed by atoms with van der Waals surface area (Å²) in [5.74, 6) is 0.375. The lowest BCUT2D eigenvalue weighted by molar-refractivity contribution is 0.0946. The normalized spacial score (nSPS) is 10.2. The van der Waals surface area contributed by atoms with Crippen LogP contribution >= 0.6 is 0 Å². The Morgan fingerprint density at radius 2 is 1.67 bits per heavy atom. The van der Waals surface area contributed by atoms with E-state index in [0.29, 0.717) is 24.6 Å². The number of pyridine rings is 1. The number of hydrogen-bond donors (Lipinski definition) is 2. The fourth-order valence-corrected chi connectivity index (χ4v) is 2.14. The van der Waals surface area contributed by atoms with Crippen molar-refractivity contribution >= 4 is 11.7 Å². The number of nitrogens with one attached hydrogen (secondary N) is 2. The minimum Gasteiger partial charge on any atom is -0.366 e. The number of nitrogens with zero attached hydrogens (tertiary/aromatic N) is 3. The molecule has 0 saturated carbocycles. The third kappa shape index (κ3) is 4.36. The molecule has 0 aliphatic heterocycles. The summed E-state index contributed by atoms with van der Waals surface area (Å²) in [5.41, 5.74) is 2.45. The molecule has 0 aliphatic rings. The summed E-state index contributed by atoms with van der Waals surface area (Å²) < 4.78 is 0. The Labute approximate surface area is 140 Å². The minimum absolute atomic E-state index is 0.239. The first-order chi connectivity index (χ1) is 11.8. The first-order valence-corrected chi connectivity index (χ1v) is 7.58. The SMILES string of the molecule is O=C(NCc1ccncc1)c1cc(NCc2ccccc2)ncn1. The fourth-order valence-electron chi connectivity index (χ4n) is 2.14. The van der Waals surface area contributed by atoms with Crippen molar-refractivity contribution in [3.8, 4) is 0 Å². The largest absolute Gasteiger partial charge is 0.366 e. The van der Waals surface area contributed by atoms with Gasteiger partial charge in [0.1, 0.15) is 17.8 Å². The molecule has 24 heavy (non-hydrogen) atoms. The van der Waals surface area contributed by atoms with E-state index in [2.05, 4.69) is 25.6 Å². The van der Waals surface area contributed by atoms with Crippen LogP contribution in [0.4, 0.5) is 5.82 Å². The van der Waals surface area contributed by atoms with Gasteiger partial charge in [0.05, 0.1) is 0 Å². The third-order valence-electron chi connectivity index (χ3n) is 3.42. The van der Waals surface area contributed by atoms with Crippen LogP contribution in [0.3, 0.4) is 0 Å². The molecular weight excluding hydrogens is 302 g/mol. The van der Waals surface area contributed by atoms with E-state index in [1.54, 1.807) is 18.5 Å². The molecule has 3 aromatic rings. The van der Waals surface area contributed by atoms with Gasteiger partial charge in [0.15, 0.2) is 0 Å². The van der Waals surface area contributed by atoms with E-state index in [0.717, 1.165) is 11.1 Å². The summed E-state index contributed by atoms with van der Waals surface area (Å²) in [6.07, 6.45) is 4.77. The van der Waals surface area contributed by atoms with E-state index in [-0.39, 0.29) is 5.91 Å². The minimum atomic E-state index is -0.239. The summed E-state index contributed by atoms with van der Waals surface area (Å²) in [6, 6.07) is 15.3. The van der Waals surface area contributed by atoms with Crippen LogP contribution in [0.1, 0.15) is 21.6 Å². The zero-order valence-corrected chi connectivity index (χ0v) is 13.0. The highest BCUT2D eigenvalue weighted by molar-refractivity contribution is 5.92. The molecule has 0 saturated heterocycles. The Balaban J connectivity index is 1.59. The van der Waals surface area contributed by atoms with E-state index in [9.17, 15) is 4.79 Å². The summed E-state index contributed by atoms with van der Waals surface area (Å²) >= 11 is 0. The molecule has 0 aliphatic carbocycles. The first-order valence-electron chi connectivity index (χ1n) is 7.58. The van der Waals surface area contributed by atoms with Crippen molar-refractivity contribution in [1.29, 1.82) is 0 Å². The van der Waals surface area contributed by atoms with Gasteiger partial charge in [-0.2, -0.15) is 0 Å². The number of aromatic nitrogens is 3. The van der Waals surface area contributed by atoms with Crippen LogP contribution in [0.2, 0.25) is 0 Å². The zero-order chi connectivity index (χ0) is 16.6. The van der Waals surface area contributed by atoms with Crippen LogP contribution in [0.25, 0.3) is 0 Å². The van der Waals surface area contributed by atoms with Gasteiger partial charge in [-0.15, -0.1) is 0 Å². The average molecular weight is 319 g/mol. The lowest BCUT2D eigenvalue weighted by atomic mass is 10.2. The topological polar surface area (TPSA) is 79.8 Å². The van der Waals surface area contributed by atoms with Gasteiger partial charge in [-0.3, -0.25) is 9.78 Å². The molecular formula is C18H17N5O. The van der Waals surface area contributed by atoms with Crippen molar-refractivity contribution in [2.75, 3.05) is 5.32 Å². The van der Waals surface area contributed by atoms with Crippen molar-refractivity contribution in [2.45, 2.75) is 13.1 Å². The predicted molar refractivity (Wildman–Crippen MR) is 91.2 cm³/mol. The average Bonchev–Trinajstić information content (AvgIpc) is 2.66. The van der Waals surface area contributed by atoms with Gasteiger partial charge in [0, 0.05) is 31.5 Å². The Morgan fingerprint density at radius 1 is 0.917 bits per heavy atom. The molecule has 2 N–H and O–H groups in total. The van der Waals surface area contributed by atoms with Crippen molar-refractivity contribution in [1.82, 2.24) is 20.3 Å². The summed E-state index contributed by atoms with van der Waals surface area (Å²) in [4.78, 5) is 24.3. The lowest BCUT2D eigenvalue weighted by Gasteiger charge is -2.08. The molecule has 0 fully saturated rings. The van der Waals surface area contributed by atoms with Crippen LogP contribution in [0.15, 0.2) is 67.3 Å². The highest BCUT2D eigenvalue weighted by Gasteiger charge is 2.08. The molecule has 3 rings (SSSR count). The van der Waals surface area contributed by atoms with Crippen LogP contribution in [-0.2, 0) is 13.1 Å². The van der Waals surface area contributed by atoms with Crippen molar-refractivity contribution in [2.24, 2.45) is 0 Å². The van der Waals surface area contributed by atoms with Gasteiger partial charge in [-0.25, -0.2) is 9.97 Å². The standard InChI is InChI=1S/C18H17N5O/c24-18(21-12-15-6-8-19-9-7-15)16-10-17(23-13-22-16)20-11-14-4-2-1-3-5-14/h1-10,13H,11-12H2,(H,21,24)(H,20,22,23). The molecule has 6 heteroatoms. The van der Waals surface area contributed by atoms with Crippen molar-refractivity contribution in [3.05, 3.63) is 84.1 Å². The van der Waals surface area contributed by atoms with Gasteiger partial charge in [0.25, 0.3) is 5.91 Å². The van der Waals surface area contributed by atoms with Gasteiger partial charge in [-0.1, -0.05) is 30.3 Å². The highest BCUT2D eigenvalue weighted by Crippen LogP contribution is 2.07.